The Hall–Kier alpha value is -2.73. The molecule has 0 spiro atoms. The maximum absolute atomic E-state index is 12.8. The van der Waals surface area contributed by atoms with Crippen LogP contribution in [0.5, 0.6) is 5.75 Å². The number of nitrogens with zero attached hydrogens (tertiary/aromatic N) is 3. The summed E-state index contributed by atoms with van der Waals surface area (Å²) < 4.78 is 7.32. The number of fused-ring (bicyclic) bond motifs is 3. The topological polar surface area (TPSA) is 57.0 Å². The van der Waals surface area contributed by atoms with Crippen LogP contribution in [0.1, 0.15) is 5.56 Å². The van der Waals surface area contributed by atoms with Gasteiger partial charge >= 0.3 is 0 Å². The Bertz CT molecular complexity index is 1080. The summed E-state index contributed by atoms with van der Waals surface area (Å²) in [5.41, 5.74) is 2.48. The van der Waals surface area contributed by atoms with E-state index in [1.165, 1.54) is 11.3 Å². The molecule has 0 radical (unpaired) electrons. The van der Waals surface area contributed by atoms with Crippen molar-refractivity contribution >= 4 is 31.8 Å². The Kier molecular flexibility index (Phi) is 3.12. The van der Waals surface area contributed by atoms with Gasteiger partial charge in [0, 0.05) is 11.6 Å². The second-order valence-corrected chi connectivity index (χ2v) is 6.20. The minimum absolute atomic E-state index is 0.0810. The Balaban J connectivity index is 1.99. The van der Waals surface area contributed by atoms with Crippen LogP contribution in [-0.2, 0) is 0 Å². The molecule has 0 bridgehead atoms. The third-order valence-corrected chi connectivity index (χ3v) is 4.92. The summed E-state index contributed by atoms with van der Waals surface area (Å²) in [4.78, 5) is 22.6. The molecule has 0 unspecified atom stereocenters. The molecule has 3 heterocycles. The molecule has 0 aliphatic rings. The fraction of sp³-hybridized carbons (Fsp3) is 0.118. The zero-order chi connectivity index (χ0) is 16.0. The Morgan fingerprint density at radius 2 is 1.91 bits per heavy atom. The Labute approximate surface area is 135 Å². The summed E-state index contributed by atoms with van der Waals surface area (Å²) in [6, 6.07) is 9.26. The van der Waals surface area contributed by atoms with Gasteiger partial charge < -0.3 is 4.74 Å². The van der Waals surface area contributed by atoms with Crippen LogP contribution in [0.2, 0.25) is 0 Å². The first-order valence-electron chi connectivity index (χ1n) is 7.09. The minimum Gasteiger partial charge on any atom is -0.497 e. The van der Waals surface area contributed by atoms with Crippen molar-refractivity contribution in [3.05, 3.63) is 58.8 Å². The van der Waals surface area contributed by atoms with E-state index >= 15 is 0 Å². The van der Waals surface area contributed by atoms with Gasteiger partial charge in [-0.1, -0.05) is 0 Å². The molecule has 23 heavy (non-hydrogen) atoms. The lowest BCUT2D eigenvalue weighted by Gasteiger charge is -2.06. The second-order valence-electron chi connectivity index (χ2n) is 5.21. The number of benzene rings is 1. The van der Waals surface area contributed by atoms with Crippen molar-refractivity contribution in [2.45, 2.75) is 6.92 Å². The van der Waals surface area contributed by atoms with Gasteiger partial charge in [-0.3, -0.25) is 9.36 Å². The molecule has 0 fully saturated rings. The van der Waals surface area contributed by atoms with Crippen LogP contribution in [0.4, 0.5) is 0 Å². The average molecular weight is 323 g/mol. The van der Waals surface area contributed by atoms with Crippen LogP contribution in [-0.4, -0.2) is 21.6 Å². The van der Waals surface area contributed by atoms with Crippen molar-refractivity contribution in [3.8, 4) is 11.4 Å². The fourth-order valence-electron chi connectivity index (χ4n) is 2.63. The first-order chi connectivity index (χ1) is 11.2. The van der Waals surface area contributed by atoms with Gasteiger partial charge in [-0.25, -0.2) is 9.97 Å². The van der Waals surface area contributed by atoms with Crippen molar-refractivity contribution in [2.75, 3.05) is 7.11 Å². The lowest BCUT2D eigenvalue weighted by Crippen LogP contribution is -2.17. The number of aryl methyl sites for hydroxylation is 1. The Morgan fingerprint density at radius 1 is 1.13 bits per heavy atom. The van der Waals surface area contributed by atoms with Crippen LogP contribution in [0, 0.1) is 6.92 Å². The zero-order valence-electron chi connectivity index (χ0n) is 12.6. The summed E-state index contributed by atoms with van der Waals surface area (Å²) in [5, 5.41) is 0.964. The summed E-state index contributed by atoms with van der Waals surface area (Å²) >= 11 is 1.39. The molecule has 0 aliphatic carbocycles. The molecular formula is C17H13N3O2S. The van der Waals surface area contributed by atoms with Gasteiger partial charge in [-0.05, 0) is 42.8 Å². The second kappa shape index (κ2) is 5.17. The smallest absolute Gasteiger partial charge is 0.275 e. The molecule has 4 rings (SSSR count). The number of hydrogen-bond acceptors (Lipinski definition) is 5. The first kappa shape index (κ1) is 13.9. The first-order valence-corrected chi connectivity index (χ1v) is 7.90. The van der Waals surface area contributed by atoms with Gasteiger partial charge in [-0.15, -0.1) is 11.3 Å². The highest BCUT2D eigenvalue weighted by atomic mass is 32.1. The van der Waals surface area contributed by atoms with Gasteiger partial charge in [0.1, 0.15) is 21.6 Å². The largest absolute Gasteiger partial charge is 0.497 e. The van der Waals surface area contributed by atoms with Gasteiger partial charge in [0.15, 0.2) is 0 Å². The maximum Gasteiger partial charge on any atom is 0.275 e. The SMILES string of the molecule is COc1ccc(-n2cnc3c(sc4nccc(C)c43)c2=O)cc1. The zero-order valence-corrected chi connectivity index (χ0v) is 13.4. The number of ether oxygens (including phenoxy) is 1. The van der Waals surface area contributed by atoms with E-state index in [4.69, 9.17) is 4.74 Å². The number of pyridine rings is 1. The predicted molar refractivity (Wildman–Crippen MR) is 91.8 cm³/mol. The number of thiophene rings is 1. The fourth-order valence-corrected chi connectivity index (χ4v) is 3.73. The van der Waals surface area contributed by atoms with Gasteiger partial charge in [0.2, 0.25) is 0 Å². The summed E-state index contributed by atoms with van der Waals surface area (Å²) in [6.45, 7) is 2.01. The predicted octanol–water partition coefficient (Wildman–Crippen LogP) is 3.31. The minimum atomic E-state index is -0.0810. The standard InChI is InChI=1S/C17H13N3O2S/c1-10-7-8-18-16-13(10)14-15(23-16)17(21)20(9-19-14)11-3-5-12(22-2)6-4-11/h3-9H,1-2H3. The molecule has 0 saturated heterocycles. The Morgan fingerprint density at radius 3 is 2.65 bits per heavy atom. The van der Waals surface area contributed by atoms with E-state index in [0.29, 0.717) is 4.70 Å². The van der Waals surface area contributed by atoms with Crippen LogP contribution >= 0.6 is 11.3 Å². The molecule has 0 N–H and O–H groups in total. The third kappa shape index (κ3) is 2.10. The van der Waals surface area contributed by atoms with Crippen molar-refractivity contribution in [3.63, 3.8) is 0 Å². The molecule has 0 saturated carbocycles. The monoisotopic (exact) mass is 323 g/mol. The van der Waals surface area contributed by atoms with Crippen molar-refractivity contribution in [1.29, 1.82) is 0 Å². The lowest BCUT2D eigenvalue weighted by molar-refractivity contribution is 0.414. The molecule has 0 atom stereocenters. The molecule has 1 aromatic carbocycles. The van der Waals surface area contributed by atoms with E-state index in [2.05, 4.69) is 9.97 Å². The van der Waals surface area contributed by atoms with Crippen LogP contribution < -0.4 is 10.3 Å². The summed E-state index contributed by atoms with van der Waals surface area (Å²) in [5.74, 6) is 0.748. The normalized spacial score (nSPS) is 11.2. The quantitative estimate of drug-likeness (QED) is 0.568. The van der Waals surface area contributed by atoms with Gasteiger partial charge in [0.05, 0.1) is 18.3 Å². The van der Waals surface area contributed by atoms with E-state index in [-0.39, 0.29) is 5.56 Å². The lowest BCUT2D eigenvalue weighted by atomic mass is 10.2. The highest BCUT2D eigenvalue weighted by Gasteiger charge is 2.14. The molecule has 114 valence electrons. The van der Waals surface area contributed by atoms with Crippen molar-refractivity contribution < 1.29 is 4.74 Å². The molecule has 0 amide bonds. The van der Waals surface area contributed by atoms with Crippen LogP contribution in [0.15, 0.2) is 47.7 Å². The number of methoxy groups -OCH3 is 1. The molecule has 6 heteroatoms. The number of rotatable bonds is 2. The van der Waals surface area contributed by atoms with Crippen molar-refractivity contribution in [2.24, 2.45) is 0 Å². The molecular weight excluding hydrogens is 310 g/mol. The molecule has 4 aromatic rings. The van der Waals surface area contributed by atoms with E-state index in [1.54, 1.807) is 24.2 Å². The number of hydrogen-bond donors (Lipinski definition) is 0. The summed E-state index contributed by atoms with van der Waals surface area (Å²) in [6.07, 6.45) is 3.33. The van der Waals surface area contributed by atoms with E-state index in [9.17, 15) is 4.79 Å². The van der Waals surface area contributed by atoms with Gasteiger partial charge in [-0.2, -0.15) is 0 Å². The summed E-state index contributed by atoms with van der Waals surface area (Å²) in [7, 11) is 1.61. The number of aromatic nitrogens is 3. The van der Waals surface area contributed by atoms with Crippen LogP contribution in [0.3, 0.4) is 0 Å². The van der Waals surface area contributed by atoms with E-state index in [1.807, 2.05) is 37.3 Å². The third-order valence-electron chi connectivity index (χ3n) is 3.84. The molecule has 5 nitrogen and oxygen atoms in total. The van der Waals surface area contributed by atoms with E-state index in [0.717, 1.165) is 32.7 Å². The van der Waals surface area contributed by atoms with Crippen LogP contribution in [0.25, 0.3) is 26.1 Å². The van der Waals surface area contributed by atoms with E-state index < -0.39 is 0 Å². The maximum atomic E-state index is 12.8. The highest BCUT2D eigenvalue weighted by molar-refractivity contribution is 7.25. The van der Waals surface area contributed by atoms with Crippen molar-refractivity contribution in [1.82, 2.24) is 14.5 Å². The van der Waals surface area contributed by atoms with Gasteiger partial charge in [0.25, 0.3) is 5.56 Å². The molecule has 3 aromatic heterocycles. The molecule has 0 aliphatic heterocycles. The average Bonchev–Trinajstić information content (AvgIpc) is 2.96. The highest BCUT2D eigenvalue weighted by Crippen LogP contribution is 2.31.